The van der Waals surface area contributed by atoms with E-state index in [1.807, 2.05) is 0 Å². The van der Waals surface area contributed by atoms with Crippen molar-refractivity contribution in [2.24, 2.45) is 0 Å². The van der Waals surface area contributed by atoms with Crippen LogP contribution in [-0.2, 0) is 19.5 Å². The van der Waals surface area contributed by atoms with Crippen molar-refractivity contribution in [3.05, 3.63) is 53.3 Å². The van der Waals surface area contributed by atoms with Gasteiger partial charge in [-0.05, 0) is 31.7 Å². The first-order valence-electron chi connectivity index (χ1n) is 7.11. The van der Waals surface area contributed by atoms with Gasteiger partial charge in [-0.3, -0.25) is 4.68 Å². The van der Waals surface area contributed by atoms with E-state index < -0.39 is 0 Å². The Hall–Kier alpha value is -1.61. The Labute approximate surface area is 114 Å². The standard InChI is InChI=1S/C16H21N3/c1-13-15(11-17-16-7-8-16)12-19(18-13)10-9-14-5-3-2-4-6-14/h2-6,12,16-17H,7-11H2,1H3. The first-order valence-corrected chi connectivity index (χ1v) is 7.11. The first-order chi connectivity index (χ1) is 9.31. The summed E-state index contributed by atoms with van der Waals surface area (Å²) in [5.41, 5.74) is 3.86. The number of benzene rings is 1. The largest absolute Gasteiger partial charge is 0.310 e. The Bertz CT molecular complexity index is 526. The van der Waals surface area contributed by atoms with Crippen molar-refractivity contribution in [3.63, 3.8) is 0 Å². The average molecular weight is 255 g/mol. The van der Waals surface area contributed by atoms with Gasteiger partial charge in [0, 0.05) is 30.9 Å². The molecule has 3 rings (SSSR count). The zero-order chi connectivity index (χ0) is 13.1. The molecule has 0 amide bonds. The fraction of sp³-hybridized carbons (Fsp3) is 0.438. The minimum Gasteiger partial charge on any atom is -0.310 e. The van der Waals surface area contributed by atoms with Gasteiger partial charge in [-0.15, -0.1) is 0 Å². The molecule has 100 valence electrons. The third-order valence-electron chi connectivity index (χ3n) is 3.68. The van der Waals surface area contributed by atoms with Crippen LogP contribution in [0.15, 0.2) is 36.5 Å². The van der Waals surface area contributed by atoms with Gasteiger partial charge >= 0.3 is 0 Å². The number of hydrogen-bond donors (Lipinski definition) is 1. The number of hydrogen-bond acceptors (Lipinski definition) is 2. The Morgan fingerprint density at radius 3 is 2.79 bits per heavy atom. The molecule has 3 nitrogen and oxygen atoms in total. The monoisotopic (exact) mass is 255 g/mol. The van der Waals surface area contributed by atoms with Gasteiger partial charge in [0.1, 0.15) is 0 Å². The van der Waals surface area contributed by atoms with E-state index >= 15 is 0 Å². The molecule has 0 saturated heterocycles. The van der Waals surface area contributed by atoms with Crippen LogP contribution in [-0.4, -0.2) is 15.8 Å². The molecule has 19 heavy (non-hydrogen) atoms. The number of nitrogens with one attached hydrogen (secondary N) is 1. The Morgan fingerprint density at radius 2 is 2.05 bits per heavy atom. The van der Waals surface area contributed by atoms with E-state index in [4.69, 9.17) is 0 Å². The number of nitrogens with zero attached hydrogens (tertiary/aromatic N) is 2. The first kappa shape index (κ1) is 12.4. The highest BCUT2D eigenvalue weighted by Crippen LogP contribution is 2.19. The van der Waals surface area contributed by atoms with Gasteiger partial charge in [-0.25, -0.2) is 0 Å². The summed E-state index contributed by atoms with van der Waals surface area (Å²) in [6, 6.07) is 11.3. The number of aromatic nitrogens is 2. The Balaban J connectivity index is 1.57. The van der Waals surface area contributed by atoms with Crippen LogP contribution >= 0.6 is 0 Å². The number of aryl methyl sites for hydroxylation is 3. The van der Waals surface area contributed by atoms with Crippen molar-refractivity contribution in [3.8, 4) is 0 Å². The van der Waals surface area contributed by atoms with Crippen LogP contribution in [0, 0.1) is 6.92 Å². The van der Waals surface area contributed by atoms with Crippen LogP contribution in [0.5, 0.6) is 0 Å². The molecule has 0 aliphatic heterocycles. The molecule has 1 aliphatic rings. The van der Waals surface area contributed by atoms with Crippen LogP contribution in [0.2, 0.25) is 0 Å². The van der Waals surface area contributed by atoms with E-state index in [9.17, 15) is 0 Å². The van der Waals surface area contributed by atoms with E-state index in [2.05, 4.69) is 58.5 Å². The summed E-state index contributed by atoms with van der Waals surface area (Å²) < 4.78 is 2.08. The fourth-order valence-corrected chi connectivity index (χ4v) is 2.28. The molecule has 1 aliphatic carbocycles. The van der Waals surface area contributed by atoms with E-state index in [0.29, 0.717) is 0 Å². The quantitative estimate of drug-likeness (QED) is 0.860. The molecule has 0 unspecified atom stereocenters. The highest BCUT2D eigenvalue weighted by molar-refractivity contribution is 5.17. The Kier molecular flexibility index (Phi) is 3.65. The summed E-state index contributed by atoms with van der Waals surface area (Å²) in [6.45, 7) is 4.01. The van der Waals surface area contributed by atoms with Gasteiger partial charge in [0.2, 0.25) is 0 Å². The van der Waals surface area contributed by atoms with E-state index in [1.54, 1.807) is 0 Å². The molecular weight excluding hydrogens is 234 g/mol. The summed E-state index contributed by atoms with van der Waals surface area (Å²) in [5, 5.41) is 8.15. The van der Waals surface area contributed by atoms with Gasteiger partial charge < -0.3 is 5.32 Å². The van der Waals surface area contributed by atoms with Crippen LogP contribution in [0.25, 0.3) is 0 Å². The summed E-state index contributed by atoms with van der Waals surface area (Å²) in [7, 11) is 0. The maximum absolute atomic E-state index is 4.60. The topological polar surface area (TPSA) is 29.9 Å². The molecule has 0 spiro atoms. The van der Waals surface area contributed by atoms with Gasteiger partial charge in [0.25, 0.3) is 0 Å². The van der Waals surface area contributed by atoms with Crippen LogP contribution in [0.1, 0.15) is 29.7 Å². The van der Waals surface area contributed by atoms with Crippen LogP contribution in [0.3, 0.4) is 0 Å². The smallest absolute Gasteiger partial charge is 0.0638 e. The van der Waals surface area contributed by atoms with Crippen molar-refractivity contribution in [1.82, 2.24) is 15.1 Å². The zero-order valence-electron chi connectivity index (χ0n) is 11.5. The van der Waals surface area contributed by atoms with Crippen LogP contribution in [0.4, 0.5) is 0 Å². The average Bonchev–Trinajstić information content (AvgIpc) is 3.19. The minimum atomic E-state index is 0.757. The normalized spacial score (nSPS) is 14.8. The van der Waals surface area contributed by atoms with E-state index in [-0.39, 0.29) is 0 Å². The molecule has 3 heteroatoms. The third-order valence-corrected chi connectivity index (χ3v) is 3.68. The van der Waals surface area contributed by atoms with Crippen molar-refractivity contribution < 1.29 is 0 Å². The summed E-state index contributed by atoms with van der Waals surface area (Å²) in [4.78, 5) is 0. The molecule has 1 N–H and O–H groups in total. The SMILES string of the molecule is Cc1nn(CCc2ccccc2)cc1CNC1CC1. The van der Waals surface area contributed by atoms with E-state index in [0.717, 1.165) is 31.2 Å². The second-order valence-electron chi connectivity index (χ2n) is 5.39. The predicted molar refractivity (Wildman–Crippen MR) is 77.0 cm³/mol. The molecule has 1 heterocycles. The van der Waals surface area contributed by atoms with Gasteiger partial charge in [-0.2, -0.15) is 5.10 Å². The molecule has 0 atom stereocenters. The lowest BCUT2D eigenvalue weighted by molar-refractivity contribution is 0.609. The maximum atomic E-state index is 4.60. The Morgan fingerprint density at radius 1 is 1.26 bits per heavy atom. The van der Waals surface area contributed by atoms with Gasteiger partial charge in [0.15, 0.2) is 0 Å². The second kappa shape index (κ2) is 5.57. The molecule has 1 aromatic carbocycles. The molecule has 1 aromatic heterocycles. The molecular formula is C16H21N3. The summed E-state index contributed by atoms with van der Waals surface area (Å²) in [5.74, 6) is 0. The summed E-state index contributed by atoms with van der Waals surface area (Å²) in [6.07, 6.45) is 5.90. The van der Waals surface area contributed by atoms with E-state index in [1.165, 1.54) is 24.0 Å². The lowest BCUT2D eigenvalue weighted by atomic mass is 10.1. The molecule has 1 saturated carbocycles. The lowest BCUT2D eigenvalue weighted by Crippen LogP contribution is -2.15. The predicted octanol–water partition coefficient (Wildman–Crippen LogP) is 2.69. The molecule has 2 aromatic rings. The highest BCUT2D eigenvalue weighted by atomic mass is 15.3. The van der Waals surface area contributed by atoms with Crippen molar-refractivity contribution >= 4 is 0 Å². The molecule has 1 fully saturated rings. The maximum Gasteiger partial charge on any atom is 0.0638 e. The fourth-order valence-electron chi connectivity index (χ4n) is 2.28. The highest BCUT2D eigenvalue weighted by Gasteiger charge is 2.20. The van der Waals surface area contributed by atoms with Crippen molar-refractivity contribution in [1.29, 1.82) is 0 Å². The second-order valence-corrected chi connectivity index (χ2v) is 5.39. The third kappa shape index (κ3) is 3.44. The molecule has 0 radical (unpaired) electrons. The minimum absolute atomic E-state index is 0.757. The molecule has 0 bridgehead atoms. The van der Waals surface area contributed by atoms with Gasteiger partial charge in [0.05, 0.1) is 5.69 Å². The zero-order valence-corrected chi connectivity index (χ0v) is 11.5. The number of rotatable bonds is 6. The van der Waals surface area contributed by atoms with Crippen molar-refractivity contribution in [2.45, 2.75) is 45.3 Å². The summed E-state index contributed by atoms with van der Waals surface area (Å²) >= 11 is 0. The van der Waals surface area contributed by atoms with Crippen LogP contribution < -0.4 is 5.32 Å². The van der Waals surface area contributed by atoms with Crippen molar-refractivity contribution in [2.75, 3.05) is 0 Å². The lowest BCUT2D eigenvalue weighted by Gasteiger charge is -2.02. The van der Waals surface area contributed by atoms with Gasteiger partial charge in [-0.1, -0.05) is 30.3 Å².